The number of carbonyl (C=O) groups excluding carboxylic acids is 2. The smallest absolute Gasteiger partial charge is 0.332 e. The van der Waals surface area contributed by atoms with E-state index in [1.165, 1.54) is 4.90 Å². The normalized spacial score (nSPS) is 17.9. The molecule has 0 aromatic heterocycles. The van der Waals surface area contributed by atoms with Crippen molar-refractivity contribution in [2.75, 3.05) is 10.6 Å². The molecule has 2 aromatic carbocycles. The Morgan fingerprint density at radius 3 is 2.22 bits per heavy atom. The van der Waals surface area contributed by atoms with Crippen LogP contribution < -0.4 is 10.6 Å². The summed E-state index contributed by atoms with van der Waals surface area (Å²) in [6.45, 7) is 4.10. The zero-order chi connectivity index (χ0) is 16.6. The largest absolute Gasteiger partial charge is 0.399 e. The van der Waals surface area contributed by atoms with E-state index in [1.807, 2.05) is 31.2 Å². The number of anilines is 2. The van der Waals surface area contributed by atoms with Gasteiger partial charge in [0.1, 0.15) is 6.04 Å². The van der Waals surface area contributed by atoms with Crippen molar-refractivity contribution in [2.24, 2.45) is 0 Å². The van der Waals surface area contributed by atoms with Crippen LogP contribution in [0, 0.1) is 6.92 Å². The molecule has 1 fully saturated rings. The van der Waals surface area contributed by atoms with Gasteiger partial charge in [-0.2, -0.15) is 0 Å². The number of carbonyl (C=O) groups is 2. The van der Waals surface area contributed by atoms with E-state index >= 15 is 0 Å². The predicted octanol–water partition coefficient (Wildman–Crippen LogP) is 2.93. The van der Waals surface area contributed by atoms with Gasteiger partial charge in [0, 0.05) is 12.2 Å². The van der Waals surface area contributed by atoms with Crippen LogP contribution in [0.1, 0.15) is 18.1 Å². The number of nitrogens with zero attached hydrogens (tertiary/aromatic N) is 2. The average Bonchev–Trinajstić information content (AvgIpc) is 2.74. The summed E-state index contributed by atoms with van der Waals surface area (Å²) in [7, 11) is 0. The first kappa shape index (κ1) is 15.1. The van der Waals surface area contributed by atoms with Gasteiger partial charge in [-0.05, 0) is 43.7 Å². The molecule has 0 bridgehead atoms. The Morgan fingerprint density at radius 1 is 1.00 bits per heavy atom. The first-order chi connectivity index (χ1) is 11.0. The molecule has 5 nitrogen and oxygen atoms in total. The fourth-order valence-electron chi connectivity index (χ4n) is 2.66. The summed E-state index contributed by atoms with van der Waals surface area (Å²) in [5, 5.41) is 0. The molecular weight excluding hydrogens is 290 g/mol. The van der Waals surface area contributed by atoms with Gasteiger partial charge in [-0.1, -0.05) is 29.8 Å². The third kappa shape index (κ3) is 2.77. The summed E-state index contributed by atoms with van der Waals surface area (Å²) in [6, 6.07) is 13.9. The van der Waals surface area contributed by atoms with Crippen molar-refractivity contribution in [2.45, 2.75) is 26.4 Å². The van der Waals surface area contributed by atoms with Crippen molar-refractivity contribution < 1.29 is 9.59 Å². The van der Waals surface area contributed by atoms with Gasteiger partial charge < -0.3 is 10.6 Å². The number of amides is 3. The van der Waals surface area contributed by atoms with Gasteiger partial charge in [0.2, 0.25) is 0 Å². The van der Waals surface area contributed by atoms with Crippen molar-refractivity contribution in [3.8, 4) is 0 Å². The molecule has 0 unspecified atom stereocenters. The van der Waals surface area contributed by atoms with E-state index in [-0.39, 0.29) is 11.9 Å². The summed E-state index contributed by atoms with van der Waals surface area (Å²) in [5.41, 5.74) is 8.99. The lowest BCUT2D eigenvalue weighted by molar-refractivity contribution is -0.119. The zero-order valence-electron chi connectivity index (χ0n) is 13.2. The number of nitrogens with two attached hydrogens (primary N) is 1. The highest BCUT2D eigenvalue weighted by Crippen LogP contribution is 2.26. The molecule has 2 N–H and O–H groups in total. The summed E-state index contributed by atoms with van der Waals surface area (Å²) in [5.74, 6) is -0.200. The van der Waals surface area contributed by atoms with Gasteiger partial charge in [-0.15, -0.1) is 0 Å². The van der Waals surface area contributed by atoms with Crippen LogP contribution >= 0.6 is 0 Å². The Kier molecular flexibility index (Phi) is 3.78. The summed E-state index contributed by atoms with van der Waals surface area (Å²) in [6.07, 6.45) is 0. The molecule has 118 valence electrons. The maximum absolute atomic E-state index is 12.7. The zero-order valence-corrected chi connectivity index (χ0v) is 13.2. The number of hydrogen-bond acceptors (Lipinski definition) is 3. The van der Waals surface area contributed by atoms with E-state index in [9.17, 15) is 9.59 Å². The van der Waals surface area contributed by atoms with Crippen molar-refractivity contribution in [3.05, 3.63) is 59.7 Å². The van der Waals surface area contributed by atoms with E-state index in [0.29, 0.717) is 17.9 Å². The molecule has 0 aliphatic carbocycles. The maximum Gasteiger partial charge on any atom is 0.332 e. The van der Waals surface area contributed by atoms with Crippen LogP contribution in [0.4, 0.5) is 16.2 Å². The first-order valence-electron chi connectivity index (χ1n) is 7.53. The fourth-order valence-corrected chi connectivity index (χ4v) is 2.66. The molecular formula is C18H19N3O2. The van der Waals surface area contributed by atoms with Gasteiger partial charge in [-0.3, -0.25) is 4.79 Å². The molecule has 0 spiro atoms. The molecule has 1 aliphatic heterocycles. The predicted molar refractivity (Wildman–Crippen MR) is 89.9 cm³/mol. The molecule has 5 heteroatoms. The maximum atomic E-state index is 12.7. The number of hydrogen-bond donors (Lipinski definition) is 1. The Morgan fingerprint density at radius 2 is 1.61 bits per heavy atom. The molecule has 2 aromatic rings. The lowest BCUT2D eigenvalue weighted by atomic mass is 10.2. The van der Waals surface area contributed by atoms with Crippen LogP contribution in [0.2, 0.25) is 0 Å². The summed E-state index contributed by atoms with van der Waals surface area (Å²) in [4.78, 5) is 28.0. The average molecular weight is 309 g/mol. The van der Waals surface area contributed by atoms with Crippen molar-refractivity contribution in [1.82, 2.24) is 4.90 Å². The van der Waals surface area contributed by atoms with Crippen molar-refractivity contribution in [1.29, 1.82) is 0 Å². The van der Waals surface area contributed by atoms with Crippen LogP contribution in [0.5, 0.6) is 0 Å². The highest BCUT2D eigenvalue weighted by Gasteiger charge is 2.43. The van der Waals surface area contributed by atoms with Gasteiger partial charge in [-0.25, -0.2) is 9.69 Å². The topological polar surface area (TPSA) is 66.6 Å². The van der Waals surface area contributed by atoms with Crippen LogP contribution in [-0.2, 0) is 11.3 Å². The monoisotopic (exact) mass is 309 g/mol. The minimum absolute atomic E-state index is 0.200. The lowest BCUT2D eigenvalue weighted by Crippen LogP contribution is -2.33. The van der Waals surface area contributed by atoms with E-state index in [0.717, 1.165) is 11.1 Å². The quantitative estimate of drug-likeness (QED) is 0.700. The Hall–Kier alpha value is -2.82. The molecule has 0 radical (unpaired) electrons. The molecule has 1 atom stereocenters. The number of imide groups is 1. The highest BCUT2D eigenvalue weighted by atomic mass is 16.2. The van der Waals surface area contributed by atoms with Gasteiger partial charge in [0.15, 0.2) is 0 Å². The minimum atomic E-state index is -0.485. The van der Waals surface area contributed by atoms with E-state index in [4.69, 9.17) is 5.73 Å². The SMILES string of the molecule is Cc1ccc(N2C(=O)[C@H](C)N(Cc3ccc(N)cc3)C2=O)cc1. The second-order valence-electron chi connectivity index (χ2n) is 5.84. The van der Waals surface area contributed by atoms with Crippen molar-refractivity contribution in [3.63, 3.8) is 0 Å². The van der Waals surface area contributed by atoms with Gasteiger partial charge >= 0.3 is 6.03 Å². The highest BCUT2D eigenvalue weighted by molar-refractivity contribution is 6.21. The molecule has 3 rings (SSSR count). The van der Waals surface area contributed by atoms with Crippen molar-refractivity contribution >= 4 is 23.3 Å². The molecule has 1 saturated heterocycles. The Labute approximate surface area is 135 Å². The van der Waals surface area contributed by atoms with Crippen LogP contribution in [0.15, 0.2) is 48.5 Å². The van der Waals surface area contributed by atoms with Crippen LogP contribution in [0.3, 0.4) is 0 Å². The molecule has 1 aliphatic rings. The van der Waals surface area contributed by atoms with Crippen LogP contribution in [0.25, 0.3) is 0 Å². The number of aryl methyl sites for hydroxylation is 1. The third-order valence-electron chi connectivity index (χ3n) is 4.11. The van der Waals surface area contributed by atoms with E-state index in [2.05, 4.69) is 0 Å². The van der Waals surface area contributed by atoms with E-state index in [1.54, 1.807) is 36.1 Å². The van der Waals surface area contributed by atoms with Crippen LogP contribution in [-0.4, -0.2) is 22.9 Å². The fraction of sp³-hybridized carbons (Fsp3) is 0.222. The van der Waals surface area contributed by atoms with E-state index < -0.39 is 6.04 Å². The number of rotatable bonds is 3. The standard InChI is InChI=1S/C18H19N3O2/c1-12-3-9-16(10-4-12)21-17(22)13(2)20(18(21)23)11-14-5-7-15(19)8-6-14/h3-10,13H,11,19H2,1-2H3/t13-/m0/s1. The third-order valence-corrected chi connectivity index (χ3v) is 4.11. The first-order valence-corrected chi connectivity index (χ1v) is 7.53. The Bertz CT molecular complexity index is 738. The molecule has 1 heterocycles. The second-order valence-corrected chi connectivity index (χ2v) is 5.84. The lowest BCUT2D eigenvalue weighted by Gasteiger charge is -2.19. The Balaban J connectivity index is 1.85. The molecule has 0 saturated carbocycles. The number of nitrogen functional groups attached to an aromatic ring is 1. The molecule has 3 amide bonds. The summed E-state index contributed by atoms with van der Waals surface area (Å²) < 4.78 is 0. The summed E-state index contributed by atoms with van der Waals surface area (Å²) >= 11 is 0. The minimum Gasteiger partial charge on any atom is -0.399 e. The number of urea groups is 1. The molecule has 23 heavy (non-hydrogen) atoms. The van der Waals surface area contributed by atoms with Gasteiger partial charge in [0.25, 0.3) is 5.91 Å². The number of benzene rings is 2. The van der Waals surface area contributed by atoms with Gasteiger partial charge in [0.05, 0.1) is 5.69 Å². The second kappa shape index (κ2) is 5.76.